The standard InChI is InChI=1S/C57H39NS/c1-56(38-18-5-2-6-19-38)48-27-14-12-26-46(48)55-51(56)29-17-30-52(55)58(42-32-34-45-44-25-13-16-31-53(44)59-54(45)37-42)41-33-35-50-47(36-41)43-24-11-15-28-49(43)57(50,39-20-7-3-8-21-39)40-22-9-4-10-23-40/h2-37H,1H3. The van der Waals surface area contributed by atoms with Crippen molar-refractivity contribution in [1.82, 2.24) is 0 Å². The zero-order valence-corrected chi connectivity index (χ0v) is 33.5. The van der Waals surface area contributed by atoms with Gasteiger partial charge in [-0.3, -0.25) is 0 Å². The highest BCUT2D eigenvalue weighted by Gasteiger charge is 2.47. The van der Waals surface area contributed by atoms with Gasteiger partial charge < -0.3 is 4.90 Å². The largest absolute Gasteiger partial charge is 0.310 e. The Balaban J connectivity index is 1.15. The number of fused-ring (bicyclic) bond motifs is 9. The van der Waals surface area contributed by atoms with E-state index in [1.807, 2.05) is 11.3 Å². The van der Waals surface area contributed by atoms with Gasteiger partial charge in [0.15, 0.2) is 0 Å². The Bertz CT molecular complexity index is 3200. The van der Waals surface area contributed by atoms with Crippen molar-refractivity contribution < 1.29 is 0 Å². The van der Waals surface area contributed by atoms with Gasteiger partial charge >= 0.3 is 0 Å². The minimum Gasteiger partial charge on any atom is -0.310 e. The normalized spacial score (nSPS) is 15.7. The summed E-state index contributed by atoms with van der Waals surface area (Å²) in [5.41, 5.74) is 16.9. The maximum absolute atomic E-state index is 2.53. The summed E-state index contributed by atoms with van der Waals surface area (Å²) in [6.07, 6.45) is 0. The molecule has 0 radical (unpaired) electrons. The second-order valence-corrected chi connectivity index (χ2v) is 17.2. The molecular formula is C57H39NS. The van der Waals surface area contributed by atoms with Gasteiger partial charge in [-0.15, -0.1) is 11.3 Å². The lowest BCUT2D eigenvalue weighted by atomic mass is 9.68. The second kappa shape index (κ2) is 13.0. The van der Waals surface area contributed by atoms with Crippen LogP contribution < -0.4 is 4.90 Å². The molecule has 278 valence electrons. The Morgan fingerprint density at radius 1 is 0.373 bits per heavy atom. The first-order valence-electron chi connectivity index (χ1n) is 20.5. The van der Waals surface area contributed by atoms with Gasteiger partial charge in [-0.1, -0.05) is 182 Å². The Hall–Kier alpha value is -7.00. The van der Waals surface area contributed by atoms with E-state index in [0.717, 1.165) is 11.4 Å². The highest BCUT2D eigenvalue weighted by Crippen LogP contribution is 2.59. The number of hydrogen-bond acceptors (Lipinski definition) is 2. The van der Waals surface area contributed by atoms with Gasteiger partial charge in [0.25, 0.3) is 0 Å². The summed E-state index contributed by atoms with van der Waals surface area (Å²) in [4.78, 5) is 2.53. The van der Waals surface area contributed by atoms with E-state index in [1.54, 1.807) is 0 Å². The van der Waals surface area contributed by atoms with E-state index in [1.165, 1.54) is 87.1 Å². The molecule has 2 aliphatic rings. The van der Waals surface area contributed by atoms with Crippen molar-refractivity contribution in [2.45, 2.75) is 17.8 Å². The molecule has 2 aliphatic carbocycles. The number of rotatable bonds is 6. The van der Waals surface area contributed by atoms with Crippen molar-refractivity contribution in [2.75, 3.05) is 4.90 Å². The van der Waals surface area contributed by atoms with Crippen molar-refractivity contribution in [3.05, 3.63) is 257 Å². The van der Waals surface area contributed by atoms with Crippen molar-refractivity contribution in [3.8, 4) is 22.3 Å². The van der Waals surface area contributed by atoms with Crippen LogP contribution in [0.2, 0.25) is 0 Å². The SMILES string of the molecule is CC1(c2ccccc2)c2ccccc2-c2c(N(c3ccc4c(c3)-c3ccccc3C4(c3ccccc3)c3ccccc3)c3ccc4c(c3)sc3ccccc34)cccc21. The Labute approximate surface area is 349 Å². The fraction of sp³-hybridized carbons (Fsp3) is 0.0526. The molecule has 0 fully saturated rings. The number of nitrogens with zero attached hydrogens (tertiary/aromatic N) is 1. The summed E-state index contributed by atoms with van der Waals surface area (Å²) in [5, 5.41) is 2.61. The summed E-state index contributed by atoms with van der Waals surface area (Å²) >= 11 is 1.87. The van der Waals surface area contributed by atoms with Crippen LogP contribution in [0.1, 0.15) is 45.9 Å². The molecule has 0 saturated carbocycles. The molecule has 1 nitrogen and oxygen atoms in total. The van der Waals surface area contributed by atoms with E-state index in [9.17, 15) is 0 Å². The minimum atomic E-state index is -0.460. The summed E-state index contributed by atoms with van der Waals surface area (Å²) in [6, 6.07) is 81.4. The first-order chi connectivity index (χ1) is 29.2. The minimum absolute atomic E-state index is 0.313. The van der Waals surface area contributed by atoms with Gasteiger partial charge in [-0.25, -0.2) is 0 Å². The van der Waals surface area contributed by atoms with Gasteiger partial charge in [0.2, 0.25) is 0 Å². The third-order valence-electron chi connectivity index (χ3n) is 13.2. The first-order valence-corrected chi connectivity index (χ1v) is 21.3. The predicted octanol–water partition coefficient (Wildman–Crippen LogP) is 15.2. The van der Waals surface area contributed by atoms with E-state index in [-0.39, 0.29) is 5.41 Å². The van der Waals surface area contributed by atoms with Crippen molar-refractivity contribution in [2.24, 2.45) is 0 Å². The molecule has 59 heavy (non-hydrogen) atoms. The summed E-state index contributed by atoms with van der Waals surface area (Å²) < 4.78 is 2.60. The molecule has 1 aromatic heterocycles. The van der Waals surface area contributed by atoms with Crippen LogP contribution in [0.4, 0.5) is 17.1 Å². The lowest BCUT2D eigenvalue weighted by Crippen LogP contribution is -2.28. The average Bonchev–Trinajstić information content (AvgIpc) is 3.92. The number of benzene rings is 9. The van der Waals surface area contributed by atoms with Crippen LogP contribution in [0, 0.1) is 0 Å². The van der Waals surface area contributed by atoms with E-state index in [0.29, 0.717) is 0 Å². The topological polar surface area (TPSA) is 3.24 Å². The smallest absolute Gasteiger partial charge is 0.0713 e. The second-order valence-electron chi connectivity index (χ2n) is 16.1. The zero-order valence-electron chi connectivity index (χ0n) is 32.6. The highest BCUT2D eigenvalue weighted by molar-refractivity contribution is 7.25. The number of anilines is 3. The molecule has 0 amide bonds. The first kappa shape index (κ1) is 34.1. The molecule has 10 aromatic rings. The van der Waals surface area contributed by atoms with Crippen LogP contribution in [0.5, 0.6) is 0 Å². The maximum Gasteiger partial charge on any atom is 0.0713 e. The van der Waals surface area contributed by atoms with Crippen LogP contribution in [0.15, 0.2) is 218 Å². The highest BCUT2D eigenvalue weighted by atomic mass is 32.1. The molecule has 1 atom stereocenters. The van der Waals surface area contributed by atoms with Gasteiger partial charge in [0.05, 0.1) is 11.1 Å². The molecule has 2 heteroatoms. The van der Waals surface area contributed by atoms with E-state index in [4.69, 9.17) is 0 Å². The number of hydrogen-bond donors (Lipinski definition) is 0. The molecule has 0 N–H and O–H groups in total. The van der Waals surface area contributed by atoms with Gasteiger partial charge in [0, 0.05) is 42.5 Å². The molecule has 1 heterocycles. The zero-order chi connectivity index (χ0) is 39.1. The van der Waals surface area contributed by atoms with Crippen molar-refractivity contribution in [1.29, 1.82) is 0 Å². The fourth-order valence-electron chi connectivity index (χ4n) is 10.6. The van der Waals surface area contributed by atoms with Crippen LogP contribution in [-0.4, -0.2) is 0 Å². The molecule has 12 rings (SSSR count). The van der Waals surface area contributed by atoms with Crippen molar-refractivity contribution >= 4 is 48.6 Å². The van der Waals surface area contributed by atoms with Crippen LogP contribution in [0.3, 0.4) is 0 Å². The van der Waals surface area contributed by atoms with Crippen molar-refractivity contribution in [3.63, 3.8) is 0 Å². The van der Waals surface area contributed by atoms with Gasteiger partial charge in [0.1, 0.15) is 0 Å². The van der Waals surface area contributed by atoms with E-state index in [2.05, 4.69) is 230 Å². The lowest BCUT2D eigenvalue weighted by molar-refractivity contribution is 0.714. The van der Waals surface area contributed by atoms with E-state index < -0.39 is 5.41 Å². The molecule has 1 unspecified atom stereocenters. The lowest BCUT2D eigenvalue weighted by Gasteiger charge is -2.34. The Kier molecular flexibility index (Phi) is 7.51. The van der Waals surface area contributed by atoms with Crippen LogP contribution in [0.25, 0.3) is 42.4 Å². The molecule has 0 bridgehead atoms. The van der Waals surface area contributed by atoms with Crippen LogP contribution >= 0.6 is 11.3 Å². The predicted molar refractivity (Wildman–Crippen MR) is 249 cm³/mol. The Morgan fingerprint density at radius 3 is 1.66 bits per heavy atom. The van der Waals surface area contributed by atoms with Crippen LogP contribution in [-0.2, 0) is 10.8 Å². The third-order valence-corrected chi connectivity index (χ3v) is 14.4. The quantitative estimate of drug-likeness (QED) is 0.163. The summed E-state index contributed by atoms with van der Waals surface area (Å²) in [7, 11) is 0. The fourth-order valence-corrected chi connectivity index (χ4v) is 11.8. The molecule has 9 aromatic carbocycles. The van der Waals surface area contributed by atoms with Gasteiger partial charge in [-0.05, 0) is 99.0 Å². The summed E-state index contributed by atoms with van der Waals surface area (Å²) in [6.45, 7) is 2.41. The molecule has 0 saturated heterocycles. The van der Waals surface area contributed by atoms with Gasteiger partial charge in [-0.2, -0.15) is 0 Å². The summed E-state index contributed by atoms with van der Waals surface area (Å²) in [5.74, 6) is 0. The van der Waals surface area contributed by atoms with E-state index >= 15 is 0 Å². The number of thiophene rings is 1. The average molecular weight is 770 g/mol. The third kappa shape index (κ3) is 4.78. The monoisotopic (exact) mass is 769 g/mol. The molecule has 0 aliphatic heterocycles. The maximum atomic E-state index is 2.53. The molecule has 0 spiro atoms. The molecular weight excluding hydrogens is 731 g/mol. The Morgan fingerprint density at radius 2 is 0.915 bits per heavy atom.